The first-order valence-corrected chi connectivity index (χ1v) is 12.9. The van der Waals surface area contributed by atoms with Crippen LogP contribution in [0.25, 0.3) is 10.9 Å². The number of aromatic amines is 1. The van der Waals surface area contributed by atoms with Crippen molar-refractivity contribution in [3.05, 3.63) is 112 Å². The lowest BCUT2D eigenvalue weighted by Gasteiger charge is -2.13. The molecule has 0 aliphatic rings. The minimum Gasteiger partial charge on any atom is -0.532 e. The number of rotatable bonds is 9. The van der Waals surface area contributed by atoms with Crippen LogP contribution in [0.5, 0.6) is 11.5 Å². The molecule has 0 radical (unpaired) electrons. The van der Waals surface area contributed by atoms with Crippen molar-refractivity contribution in [1.82, 2.24) is 4.98 Å². The number of carbonyl (C=O) groups excluding carboxylic acids is 1. The van der Waals surface area contributed by atoms with Gasteiger partial charge in [0.2, 0.25) is 0 Å². The molecule has 0 bridgehead atoms. The first-order valence-electron chi connectivity index (χ1n) is 12.2. The van der Waals surface area contributed by atoms with E-state index >= 15 is 0 Å². The van der Waals surface area contributed by atoms with Crippen LogP contribution in [-0.2, 0) is 6.61 Å². The summed E-state index contributed by atoms with van der Waals surface area (Å²) in [6.07, 6.45) is 0. The highest BCUT2D eigenvalue weighted by molar-refractivity contribution is 6.61. The van der Waals surface area contributed by atoms with Crippen molar-refractivity contribution in [2.75, 3.05) is 5.32 Å². The zero-order chi connectivity index (χ0) is 28.2. The van der Waals surface area contributed by atoms with Gasteiger partial charge in [0, 0.05) is 17.2 Å². The predicted molar refractivity (Wildman–Crippen MR) is 158 cm³/mol. The number of anilines is 1. The van der Waals surface area contributed by atoms with Gasteiger partial charge in [-0.3, -0.25) is 4.79 Å². The van der Waals surface area contributed by atoms with Gasteiger partial charge in [-0.25, -0.2) is 0 Å². The molecule has 40 heavy (non-hydrogen) atoms. The molecule has 5 N–H and O–H groups in total. The van der Waals surface area contributed by atoms with Crippen LogP contribution in [0.4, 0.5) is 5.69 Å². The number of benzene rings is 4. The molecule has 0 aliphatic carbocycles. The molecule has 0 fully saturated rings. The molecule has 200 valence electrons. The number of ether oxygens (including phenoxy) is 1. The van der Waals surface area contributed by atoms with Crippen LogP contribution in [0.2, 0.25) is 10.0 Å². The van der Waals surface area contributed by atoms with Gasteiger partial charge in [-0.15, -0.1) is 0 Å². The Morgan fingerprint density at radius 3 is 2.35 bits per heavy atom. The van der Waals surface area contributed by atoms with Crippen LogP contribution in [0.15, 0.2) is 91.0 Å². The third kappa shape index (κ3) is 6.44. The van der Waals surface area contributed by atoms with Crippen molar-refractivity contribution < 1.29 is 29.3 Å². The molecule has 4 aromatic carbocycles. The molecule has 0 unspecified atom stereocenters. The third-order valence-corrected chi connectivity index (χ3v) is 6.77. The standard InChI is InChI=1S/C28H22B2Cl2N2O6/c31-23-12-8-19(14-22(23)28(35)34-25-4-2-1-3-24(25)32)30(38)40-20-9-5-17(6-10-20)16-39-21-11-7-18-13-27(29(36)37)33-26(18)15-21/h1-15,33,36-38H,16H2,(H,34,35). The molecular weight excluding hydrogens is 553 g/mol. The van der Waals surface area contributed by atoms with Gasteiger partial charge in [0.15, 0.2) is 0 Å². The summed E-state index contributed by atoms with van der Waals surface area (Å²) in [5.74, 6) is 0.552. The number of hydrogen-bond acceptors (Lipinski definition) is 6. The molecular formula is C28H22B2Cl2N2O6. The molecule has 0 saturated heterocycles. The monoisotopic (exact) mass is 574 g/mol. The number of H-pyrrole nitrogens is 1. The van der Waals surface area contributed by atoms with Crippen molar-refractivity contribution in [2.24, 2.45) is 0 Å². The normalized spacial score (nSPS) is 10.8. The number of aromatic nitrogens is 1. The molecule has 0 aliphatic heterocycles. The maximum atomic E-state index is 12.8. The second kappa shape index (κ2) is 12.1. The number of amides is 1. The molecule has 0 spiro atoms. The third-order valence-electron chi connectivity index (χ3n) is 6.11. The number of fused-ring (bicyclic) bond motifs is 1. The largest absolute Gasteiger partial charge is 0.560 e. The van der Waals surface area contributed by atoms with Gasteiger partial charge >= 0.3 is 14.2 Å². The number of carbonyl (C=O) groups is 1. The SMILES string of the molecule is O=C(Nc1ccccc1Cl)c1cc(B(O)Oc2ccc(COc3ccc4cc(B(O)O)[nH]c4c3)cc2)ccc1Cl. The van der Waals surface area contributed by atoms with Gasteiger partial charge in [-0.2, -0.15) is 0 Å². The average Bonchev–Trinajstić information content (AvgIpc) is 3.38. The Morgan fingerprint density at radius 1 is 0.850 bits per heavy atom. The van der Waals surface area contributed by atoms with Gasteiger partial charge in [0.05, 0.1) is 21.3 Å². The highest BCUT2D eigenvalue weighted by atomic mass is 35.5. The lowest BCUT2D eigenvalue weighted by Crippen LogP contribution is -2.37. The van der Waals surface area contributed by atoms with Crippen molar-refractivity contribution in [2.45, 2.75) is 6.61 Å². The topological polar surface area (TPSA) is 124 Å². The minimum atomic E-state index is -1.57. The maximum Gasteiger partial charge on any atom is 0.560 e. The summed E-state index contributed by atoms with van der Waals surface area (Å²) in [6, 6.07) is 25.5. The Morgan fingerprint density at radius 2 is 1.60 bits per heavy atom. The smallest absolute Gasteiger partial charge is 0.532 e. The van der Waals surface area contributed by atoms with E-state index in [1.807, 2.05) is 6.07 Å². The fourth-order valence-electron chi connectivity index (χ4n) is 4.01. The van der Waals surface area contributed by atoms with Crippen LogP contribution >= 0.6 is 23.2 Å². The highest BCUT2D eigenvalue weighted by Crippen LogP contribution is 2.24. The Hall–Kier alpha value is -3.92. The lowest BCUT2D eigenvalue weighted by molar-refractivity contribution is 0.102. The van der Waals surface area contributed by atoms with Crippen LogP contribution < -0.4 is 25.8 Å². The zero-order valence-corrected chi connectivity index (χ0v) is 22.4. The van der Waals surface area contributed by atoms with E-state index in [-0.39, 0.29) is 17.2 Å². The molecule has 0 saturated carbocycles. The molecule has 1 heterocycles. The van der Waals surface area contributed by atoms with Crippen LogP contribution in [0.1, 0.15) is 15.9 Å². The van der Waals surface area contributed by atoms with E-state index in [2.05, 4.69) is 10.3 Å². The summed E-state index contributed by atoms with van der Waals surface area (Å²) in [4.78, 5) is 15.7. The van der Waals surface area contributed by atoms with E-state index in [1.54, 1.807) is 72.8 Å². The fourth-order valence-corrected chi connectivity index (χ4v) is 4.39. The number of nitrogens with one attached hydrogen (secondary N) is 2. The van der Waals surface area contributed by atoms with E-state index in [9.17, 15) is 19.9 Å². The summed E-state index contributed by atoms with van der Waals surface area (Å²) >= 11 is 12.4. The predicted octanol–water partition coefficient (Wildman–Crippen LogP) is 3.75. The van der Waals surface area contributed by atoms with Gasteiger partial charge in [-0.1, -0.05) is 53.5 Å². The van der Waals surface area contributed by atoms with E-state index in [4.69, 9.17) is 32.6 Å². The average molecular weight is 575 g/mol. The van der Waals surface area contributed by atoms with Crippen molar-refractivity contribution in [1.29, 1.82) is 0 Å². The molecule has 5 rings (SSSR count). The quantitative estimate of drug-likeness (QED) is 0.171. The van der Waals surface area contributed by atoms with E-state index in [0.29, 0.717) is 33.3 Å². The highest BCUT2D eigenvalue weighted by Gasteiger charge is 2.22. The summed E-state index contributed by atoms with van der Waals surface area (Å²) in [7, 11) is -2.92. The van der Waals surface area contributed by atoms with Crippen LogP contribution in [0.3, 0.4) is 0 Å². The first-order chi connectivity index (χ1) is 19.3. The summed E-state index contributed by atoms with van der Waals surface area (Å²) < 4.78 is 11.5. The molecule has 1 amide bonds. The minimum absolute atomic E-state index is 0.163. The molecule has 0 atom stereocenters. The van der Waals surface area contributed by atoms with Crippen molar-refractivity contribution >= 4 is 71.0 Å². The Bertz CT molecular complexity index is 1660. The van der Waals surface area contributed by atoms with Gasteiger partial charge < -0.3 is 34.8 Å². The lowest BCUT2D eigenvalue weighted by atomic mass is 9.78. The van der Waals surface area contributed by atoms with Crippen molar-refractivity contribution in [3.8, 4) is 11.5 Å². The Labute approximate surface area is 240 Å². The molecule has 12 heteroatoms. The summed E-state index contributed by atoms with van der Waals surface area (Å²) in [5.41, 5.74) is 2.85. The van der Waals surface area contributed by atoms with Crippen LogP contribution in [-0.4, -0.2) is 40.2 Å². The zero-order valence-electron chi connectivity index (χ0n) is 20.8. The second-order valence-corrected chi connectivity index (χ2v) is 9.74. The van der Waals surface area contributed by atoms with Crippen molar-refractivity contribution in [3.63, 3.8) is 0 Å². The molecule has 8 nitrogen and oxygen atoms in total. The van der Waals surface area contributed by atoms with Gasteiger partial charge in [0.25, 0.3) is 5.91 Å². The molecule has 1 aromatic heterocycles. The second-order valence-electron chi connectivity index (χ2n) is 8.92. The Kier molecular flexibility index (Phi) is 8.35. The number of para-hydroxylation sites is 1. The summed E-state index contributed by atoms with van der Waals surface area (Å²) in [5, 5.41) is 33.5. The van der Waals surface area contributed by atoms with E-state index in [1.165, 1.54) is 12.1 Å². The Balaban J connectivity index is 1.20. The number of halogens is 2. The maximum absolute atomic E-state index is 12.8. The molecule has 5 aromatic rings. The first kappa shape index (κ1) is 27.6. The fraction of sp³-hybridized carbons (Fsp3) is 0.0357. The number of hydrogen-bond donors (Lipinski definition) is 5. The van der Waals surface area contributed by atoms with E-state index < -0.39 is 20.1 Å². The van der Waals surface area contributed by atoms with Gasteiger partial charge in [-0.05, 0) is 71.0 Å². The van der Waals surface area contributed by atoms with Crippen LogP contribution in [0, 0.1) is 0 Å². The summed E-state index contributed by atoms with van der Waals surface area (Å²) in [6.45, 7) is 0.283. The van der Waals surface area contributed by atoms with Gasteiger partial charge in [0.1, 0.15) is 18.1 Å². The van der Waals surface area contributed by atoms with E-state index in [0.717, 1.165) is 16.5 Å².